The van der Waals surface area contributed by atoms with Crippen molar-refractivity contribution in [2.45, 2.75) is 33.3 Å². The van der Waals surface area contributed by atoms with Crippen LogP contribution in [0.25, 0.3) is 0 Å². The van der Waals surface area contributed by atoms with Crippen molar-refractivity contribution in [3.05, 3.63) is 9.52 Å². The second-order valence-corrected chi connectivity index (χ2v) is 4.84. The van der Waals surface area contributed by atoms with Crippen LogP contribution in [-0.2, 0) is 0 Å². The highest BCUT2D eigenvalue weighted by Gasteiger charge is 2.26. The first kappa shape index (κ1) is 12.6. The molecule has 0 bridgehead atoms. The Morgan fingerprint density at radius 1 is 1.33 bits per heavy atom. The van der Waals surface area contributed by atoms with Gasteiger partial charge in [0.25, 0.3) is 0 Å². The monoisotopic (exact) mass is 230 g/mol. The molecule has 0 aliphatic rings. The van der Waals surface area contributed by atoms with E-state index in [0.29, 0.717) is 11.5 Å². The van der Waals surface area contributed by atoms with E-state index in [9.17, 15) is 0 Å². The third-order valence-corrected chi connectivity index (χ3v) is 2.84. The fraction of sp³-hybridized carbons (Fsp3) is 0.750. The van der Waals surface area contributed by atoms with Crippen LogP contribution in [0, 0.1) is 5.41 Å². The maximum absolute atomic E-state index is 9.15. The van der Waals surface area contributed by atoms with Gasteiger partial charge in [0.2, 0.25) is 0 Å². The summed E-state index contributed by atoms with van der Waals surface area (Å²) in [7, 11) is 0. The Morgan fingerprint density at radius 3 is 2.00 bits per heavy atom. The lowest BCUT2D eigenvalue weighted by Gasteiger charge is -2.25. The van der Waals surface area contributed by atoms with Crippen LogP contribution in [0.3, 0.4) is 0 Å². The van der Waals surface area contributed by atoms with Crippen LogP contribution in [0.5, 0.6) is 0 Å². The molecule has 0 amide bonds. The minimum atomic E-state index is -0.415. The average molecular weight is 232 g/mol. The Kier molecular flexibility index (Phi) is 4.93. The van der Waals surface area contributed by atoms with Crippen molar-refractivity contribution in [3.8, 4) is 0 Å². The van der Waals surface area contributed by atoms with Crippen molar-refractivity contribution < 1.29 is 5.11 Å². The van der Waals surface area contributed by atoms with Crippen LogP contribution >= 0.6 is 34.8 Å². The van der Waals surface area contributed by atoms with E-state index < -0.39 is 6.10 Å². The topological polar surface area (TPSA) is 20.2 Å². The van der Waals surface area contributed by atoms with Gasteiger partial charge < -0.3 is 5.11 Å². The van der Waals surface area contributed by atoms with E-state index in [1.54, 1.807) is 6.92 Å². The zero-order valence-corrected chi connectivity index (χ0v) is 9.63. The zero-order chi connectivity index (χ0) is 9.94. The maximum atomic E-state index is 9.15. The summed E-state index contributed by atoms with van der Waals surface area (Å²) < 4.78 is 0.0716. The van der Waals surface area contributed by atoms with Gasteiger partial charge >= 0.3 is 0 Å². The fourth-order valence-corrected chi connectivity index (χ4v) is 1.67. The Balaban J connectivity index is 4.51. The van der Waals surface area contributed by atoms with Crippen LogP contribution in [0.2, 0.25) is 0 Å². The highest BCUT2D eigenvalue weighted by molar-refractivity contribution is 6.59. The van der Waals surface area contributed by atoms with Gasteiger partial charge in [0.1, 0.15) is 4.49 Å². The summed E-state index contributed by atoms with van der Waals surface area (Å²) in [6.45, 7) is 5.47. The summed E-state index contributed by atoms with van der Waals surface area (Å²) >= 11 is 16.9. The molecule has 0 aliphatic carbocycles. The summed E-state index contributed by atoms with van der Waals surface area (Å²) in [6, 6.07) is 0. The maximum Gasteiger partial charge on any atom is 0.121 e. The Morgan fingerprint density at radius 2 is 1.75 bits per heavy atom. The lowest BCUT2D eigenvalue weighted by atomic mass is 9.87. The minimum absolute atomic E-state index is 0.0716. The van der Waals surface area contributed by atoms with Crippen molar-refractivity contribution in [3.63, 3.8) is 0 Å². The summed E-state index contributed by atoms with van der Waals surface area (Å²) in [4.78, 5) is 0. The van der Waals surface area contributed by atoms with Crippen LogP contribution in [-0.4, -0.2) is 11.2 Å². The highest BCUT2D eigenvalue weighted by Crippen LogP contribution is 2.38. The number of allylic oxidation sites excluding steroid dienone is 1. The molecule has 0 saturated carbocycles. The number of hydrogen-bond donors (Lipinski definition) is 1. The predicted octanol–water partition coefficient (Wildman–Crippen LogP) is 3.67. The first-order valence-electron chi connectivity index (χ1n) is 3.66. The largest absolute Gasteiger partial charge is 0.393 e. The van der Waals surface area contributed by atoms with Crippen LogP contribution < -0.4 is 0 Å². The molecule has 0 fully saturated rings. The van der Waals surface area contributed by atoms with Gasteiger partial charge in [-0.1, -0.05) is 48.7 Å². The summed E-state index contributed by atoms with van der Waals surface area (Å²) in [6.07, 6.45) is 0.121. The second kappa shape index (κ2) is 4.71. The second-order valence-electron chi connectivity index (χ2n) is 3.51. The van der Waals surface area contributed by atoms with Gasteiger partial charge in [-0.3, -0.25) is 0 Å². The molecule has 0 saturated heterocycles. The predicted molar refractivity (Wildman–Crippen MR) is 54.7 cm³/mol. The minimum Gasteiger partial charge on any atom is -0.393 e. The van der Waals surface area contributed by atoms with Crippen molar-refractivity contribution in [1.82, 2.24) is 0 Å². The molecule has 1 N–H and O–H groups in total. The molecule has 1 nitrogen and oxygen atoms in total. The molecule has 0 radical (unpaired) electrons. The first-order valence-corrected chi connectivity index (χ1v) is 4.80. The van der Waals surface area contributed by atoms with Crippen molar-refractivity contribution >= 4 is 34.8 Å². The molecule has 72 valence electrons. The normalized spacial score (nSPS) is 14.2. The van der Waals surface area contributed by atoms with E-state index in [4.69, 9.17) is 39.9 Å². The van der Waals surface area contributed by atoms with E-state index >= 15 is 0 Å². The van der Waals surface area contributed by atoms with Gasteiger partial charge in [0, 0.05) is 5.41 Å². The number of halogens is 3. The fourth-order valence-electron chi connectivity index (χ4n) is 1.08. The van der Waals surface area contributed by atoms with Crippen LogP contribution in [0.15, 0.2) is 9.52 Å². The van der Waals surface area contributed by atoms with Gasteiger partial charge in [-0.05, 0) is 13.3 Å². The molecule has 0 aromatic heterocycles. The van der Waals surface area contributed by atoms with Gasteiger partial charge in [-0.2, -0.15) is 0 Å². The van der Waals surface area contributed by atoms with E-state index in [2.05, 4.69) is 0 Å². The quantitative estimate of drug-likeness (QED) is 0.786. The van der Waals surface area contributed by atoms with Gasteiger partial charge in [0.15, 0.2) is 0 Å². The van der Waals surface area contributed by atoms with Crippen LogP contribution in [0.4, 0.5) is 0 Å². The molecule has 0 aromatic rings. The molecule has 0 aliphatic heterocycles. The third-order valence-electron chi connectivity index (χ3n) is 1.57. The number of hydrogen-bond acceptors (Lipinski definition) is 1. The third kappa shape index (κ3) is 3.99. The first-order chi connectivity index (χ1) is 5.27. The number of aliphatic hydroxyl groups is 1. The summed E-state index contributed by atoms with van der Waals surface area (Å²) in [5, 5.41) is 9.55. The van der Waals surface area contributed by atoms with Crippen LogP contribution in [0.1, 0.15) is 27.2 Å². The smallest absolute Gasteiger partial charge is 0.121 e. The number of aliphatic hydroxyl groups excluding tert-OH is 1. The van der Waals surface area contributed by atoms with E-state index in [1.165, 1.54) is 0 Å². The average Bonchev–Trinajstić information content (AvgIpc) is 1.82. The van der Waals surface area contributed by atoms with Gasteiger partial charge in [-0.15, -0.1) is 0 Å². The molecule has 1 unspecified atom stereocenters. The highest BCUT2D eigenvalue weighted by atomic mass is 35.5. The SMILES string of the molecule is CC(O)CC(C)(C)C(Cl)=C(Cl)Cl. The Hall–Kier alpha value is 0.570. The Bertz CT molecular complexity index is 181. The molecule has 0 aromatic carbocycles. The lowest BCUT2D eigenvalue weighted by Crippen LogP contribution is -2.19. The van der Waals surface area contributed by atoms with E-state index in [0.717, 1.165) is 0 Å². The van der Waals surface area contributed by atoms with E-state index in [1.807, 2.05) is 13.8 Å². The van der Waals surface area contributed by atoms with Crippen molar-refractivity contribution in [2.75, 3.05) is 0 Å². The molecular weight excluding hydrogens is 218 g/mol. The molecule has 0 rings (SSSR count). The van der Waals surface area contributed by atoms with Crippen molar-refractivity contribution in [1.29, 1.82) is 0 Å². The van der Waals surface area contributed by atoms with E-state index in [-0.39, 0.29) is 9.91 Å². The molecule has 1 atom stereocenters. The molecule has 4 heteroatoms. The molecule has 0 spiro atoms. The number of rotatable bonds is 3. The molecule has 0 heterocycles. The summed E-state index contributed by atoms with van der Waals surface area (Å²) in [5.74, 6) is 0. The standard InChI is InChI=1S/C8H13Cl3O/c1-5(12)4-8(2,3)6(9)7(10)11/h5,12H,4H2,1-3H3. The van der Waals surface area contributed by atoms with Gasteiger partial charge in [0.05, 0.1) is 11.1 Å². The molecular formula is C8H13Cl3O. The molecule has 12 heavy (non-hydrogen) atoms. The summed E-state index contributed by atoms with van der Waals surface area (Å²) in [5.41, 5.74) is -0.367. The Labute approximate surface area is 88.3 Å². The van der Waals surface area contributed by atoms with Crippen molar-refractivity contribution in [2.24, 2.45) is 5.41 Å². The van der Waals surface area contributed by atoms with Gasteiger partial charge in [-0.25, -0.2) is 0 Å². The zero-order valence-electron chi connectivity index (χ0n) is 7.37. The lowest BCUT2D eigenvalue weighted by molar-refractivity contribution is 0.147.